The Hall–Kier alpha value is -1.75. The van der Waals surface area contributed by atoms with Gasteiger partial charge in [-0.2, -0.15) is 4.31 Å². The van der Waals surface area contributed by atoms with Crippen LogP contribution in [-0.2, 0) is 14.8 Å². The van der Waals surface area contributed by atoms with E-state index < -0.39 is 14.9 Å². The summed E-state index contributed by atoms with van der Waals surface area (Å²) in [5.74, 6) is 0. The van der Waals surface area contributed by atoms with Crippen molar-refractivity contribution < 1.29 is 18.1 Å². The van der Waals surface area contributed by atoms with Gasteiger partial charge in [0.1, 0.15) is 5.69 Å². The number of rotatable bonds is 6. The molecule has 3 heterocycles. The third kappa shape index (κ3) is 4.40. The minimum atomic E-state index is -3.71. The Balaban J connectivity index is 1.47. The molecular weight excluding hydrogens is 396 g/mol. The van der Waals surface area contributed by atoms with Gasteiger partial charge >= 0.3 is 0 Å². The van der Waals surface area contributed by atoms with E-state index >= 15 is 0 Å². The van der Waals surface area contributed by atoms with E-state index in [1.807, 2.05) is 0 Å². The molecule has 0 spiro atoms. The molecule has 0 saturated carbocycles. The Bertz CT molecular complexity index is 856. The summed E-state index contributed by atoms with van der Waals surface area (Å²) in [6.45, 7) is 3.96. The lowest BCUT2D eigenvalue weighted by molar-refractivity contribution is -0.384. The van der Waals surface area contributed by atoms with Gasteiger partial charge in [0.05, 0.1) is 22.5 Å². The molecule has 4 rings (SSSR count). The molecule has 0 radical (unpaired) electrons. The molecule has 3 aliphatic heterocycles. The van der Waals surface area contributed by atoms with Crippen LogP contribution in [0.25, 0.3) is 0 Å². The lowest BCUT2D eigenvalue weighted by atomic mass is 10.2. The van der Waals surface area contributed by atoms with Gasteiger partial charge in [0.15, 0.2) is 0 Å². The van der Waals surface area contributed by atoms with Crippen molar-refractivity contribution in [2.24, 2.45) is 0 Å². The quantitative estimate of drug-likeness (QED) is 0.550. The Morgan fingerprint density at radius 1 is 1.17 bits per heavy atom. The number of hydrogen-bond donors (Lipinski definition) is 1. The van der Waals surface area contributed by atoms with Crippen molar-refractivity contribution in [3.63, 3.8) is 0 Å². The number of nitrogens with zero attached hydrogens (tertiary/aromatic N) is 3. The monoisotopic (exact) mass is 424 g/mol. The highest BCUT2D eigenvalue weighted by molar-refractivity contribution is 7.89. The molecule has 3 saturated heterocycles. The molecule has 10 heteroatoms. The number of nitro groups is 1. The van der Waals surface area contributed by atoms with Crippen LogP contribution in [-0.4, -0.2) is 74.0 Å². The molecule has 0 aromatic heterocycles. The van der Waals surface area contributed by atoms with Crippen LogP contribution in [0, 0.1) is 10.1 Å². The molecule has 0 aliphatic carbocycles. The number of benzene rings is 1. The van der Waals surface area contributed by atoms with Gasteiger partial charge in [-0.05, 0) is 44.4 Å². The van der Waals surface area contributed by atoms with Gasteiger partial charge in [-0.25, -0.2) is 8.42 Å². The highest BCUT2D eigenvalue weighted by Crippen LogP contribution is 2.30. The first-order chi connectivity index (χ1) is 13.9. The summed E-state index contributed by atoms with van der Waals surface area (Å²) in [7, 11) is -3.71. The van der Waals surface area contributed by atoms with Crippen LogP contribution in [0.1, 0.15) is 32.1 Å². The van der Waals surface area contributed by atoms with Crippen LogP contribution in [0.15, 0.2) is 23.1 Å². The maximum absolute atomic E-state index is 12.8. The SMILES string of the molecule is O=[N+]([O-])c1cc(S(=O)(=O)N2CCCCC2)ccc1NCC1CN2CCCC2CO1. The van der Waals surface area contributed by atoms with Gasteiger partial charge in [-0.15, -0.1) is 0 Å². The van der Waals surface area contributed by atoms with Crippen LogP contribution in [0.5, 0.6) is 0 Å². The Kier molecular flexibility index (Phi) is 6.05. The predicted octanol–water partition coefficient (Wildman–Crippen LogP) is 2.04. The van der Waals surface area contributed by atoms with Crippen molar-refractivity contribution in [1.82, 2.24) is 9.21 Å². The van der Waals surface area contributed by atoms with E-state index in [0.717, 1.165) is 32.4 Å². The zero-order valence-corrected chi connectivity index (χ0v) is 17.3. The van der Waals surface area contributed by atoms with Gasteiger partial charge < -0.3 is 10.1 Å². The first kappa shape index (κ1) is 20.5. The van der Waals surface area contributed by atoms with Crippen molar-refractivity contribution in [2.75, 3.05) is 44.6 Å². The van der Waals surface area contributed by atoms with Gasteiger partial charge in [0.2, 0.25) is 10.0 Å². The van der Waals surface area contributed by atoms with E-state index in [1.165, 1.54) is 35.3 Å². The third-order valence-electron chi connectivity index (χ3n) is 6.10. The fourth-order valence-corrected chi connectivity index (χ4v) is 6.00. The normalized spacial score (nSPS) is 26.2. The van der Waals surface area contributed by atoms with Crippen molar-refractivity contribution in [2.45, 2.75) is 49.1 Å². The van der Waals surface area contributed by atoms with Crippen LogP contribution in [0.3, 0.4) is 0 Å². The second kappa shape index (κ2) is 8.55. The Morgan fingerprint density at radius 2 is 1.97 bits per heavy atom. The van der Waals surface area contributed by atoms with E-state index in [4.69, 9.17) is 4.74 Å². The molecule has 2 atom stereocenters. The van der Waals surface area contributed by atoms with Gasteiger partial charge in [-0.3, -0.25) is 15.0 Å². The number of piperidine rings is 1. The summed E-state index contributed by atoms with van der Waals surface area (Å²) >= 11 is 0. The minimum Gasteiger partial charge on any atom is -0.377 e. The number of sulfonamides is 1. The molecule has 29 heavy (non-hydrogen) atoms. The van der Waals surface area contributed by atoms with E-state index in [2.05, 4.69) is 10.2 Å². The number of nitro benzene ring substituents is 1. The van der Waals surface area contributed by atoms with Crippen LogP contribution in [0.4, 0.5) is 11.4 Å². The summed E-state index contributed by atoms with van der Waals surface area (Å²) in [6.07, 6.45) is 4.96. The summed E-state index contributed by atoms with van der Waals surface area (Å²) in [6, 6.07) is 4.62. The van der Waals surface area contributed by atoms with Gasteiger partial charge in [0.25, 0.3) is 5.69 Å². The molecule has 1 aromatic carbocycles. The van der Waals surface area contributed by atoms with Crippen LogP contribution >= 0.6 is 0 Å². The molecule has 3 aliphatic rings. The highest BCUT2D eigenvalue weighted by atomic mass is 32.2. The lowest BCUT2D eigenvalue weighted by Gasteiger charge is -2.35. The summed E-state index contributed by atoms with van der Waals surface area (Å²) in [4.78, 5) is 13.5. The summed E-state index contributed by atoms with van der Waals surface area (Å²) < 4.78 is 33.0. The second-order valence-electron chi connectivity index (χ2n) is 8.03. The molecule has 0 bridgehead atoms. The second-order valence-corrected chi connectivity index (χ2v) is 9.97. The van der Waals surface area contributed by atoms with Crippen LogP contribution < -0.4 is 5.32 Å². The Morgan fingerprint density at radius 3 is 2.72 bits per heavy atom. The standard InChI is InChI=1S/C19H28N4O5S/c24-23(25)19-11-17(29(26,27)22-9-2-1-3-10-22)6-7-18(19)20-12-16-13-21-8-4-5-15(21)14-28-16/h6-7,11,15-16,20H,1-5,8-10,12-14H2. The summed E-state index contributed by atoms with van der Waals surface area (Å²) in [5.41, 5.74) is 0.0951. The molecule has 2 unspecified atom stereocenters. The average Bonchev–Trinajstić information content (AvgIpc) is 3.20. The summed E-state index contributed by atoms with van der Waals surface area (Å²) in [5, 5.41) is 14.7. The molecule has 3 fully saturated rings. The molecule has 0 amide bonds. The smallest absolute Gasteiger partial charge is 0.293 e. The maximum Gasteiger partial charge on any atom is 0.293 e. The molecule has 160 valence electrons. The average molecular weight is 425 g/mol. The van der Waals surface area contributed by atoms with E-state index in [9.17, 15) is 18.5 Å². The third-order valence-corrected chi connectivity index (χ3v) is 8.00. The van der Waals surface area contributed by atoms with Crippen molar-refractivity contribution in [3.8, 4) is 0 Å². The molecule has 9 nitrogen and oxygen atoms in total. The van der Waals surface area contributed by atoms with E-state index in [-0.39, 0.29) is 16.7 Å². The molecule has 1 N–H and O–H groups in total. The topological polar surface area (TPSA) is 105 Å². The number of morpholine rings is 1. The predicted molar refractivity (Wildman–Crippen MR) is 109 cm³/mol. The number of ether oxygens (including phenoxy) is 1. The Labute approximate surface area is 171 Å². The number of fused-ring (bicyclic) bond motifs is 1. The fourth-order valence-electron chi connectivity index (χ4n) is 4.46. The first-order valence-corrected chi connectivity index (χ1v) is 11.8. The largest absolute Gasteiger partial charge is 0.377 e. The van der Waals surface area contributed by atoms with Crippen molar-refractivity contribution >= 4 is 21.4 Å². The van der Waals surface area contributed by atoms with Crippen molar-refractivity contribution in [1.29, 1.82) is 0 Å². The highest BCUT2D eigenvalue weighted by Gasteiger charge is 2.33. The number of anilines is 1. The van der Waals surface area contributed by atoms with Gasteiger partial charge in [-0.1, -0.05) is 6.42 Å². The molecule has 1 aromatic rings. The first-order valence-electron chi connectivity index (χ1n) is 10.3. The fraction of sp³-hybridized carbons (Fsp3) is 0.684. The van der Waals surface area contributed by atoms with Crippen molar-refractivity contribution in [3.05, 3.63) is 28.3 Å². The van der Waals surface area contributed by atoms with Gasteiger partial charge in [0, 0.05) is 38.3 Å². The van der Waals surface area contributed by atoms with E-state index in [1.54, 1.807) is 0 Å². The number of hydrogen-bond acceptors (Lipinski definition) is 7. The zero-order chi connectivity index (χ0) is 20.4. The van der Waals surface area contributed by atoms with Crippen LogP contribution in [0.2, 0.25) is 0 Å². The van der Waals surface area contributed by atoms with E-state index in [0.29, 0.717) is 38.0 Å². The lowest BCUT2D eigenvalue weighted by Crippen LogP contribution is -2.48. The number of nitrogens with one attached hydrogen (secondary N) is 1. The zero-order valence-electron chi connectivity index (χ0n) is 16.5. The maximum atomic E-state index is 12.8. The minimum absolute atomic E-state index is 0.0227. The molecular formula is C19H28N4O5S.